The van der Waals surface area contributed by atoms with Crippen LogP contribution >= 0.6 is 15.9 Å². The van der Waals surface area contributed by atoms with Gasteiger partial charge in [0.25, 0.3) is 0 Å². The van der Waals surface area contributed by atoms with Crippen molar-refractivity contribution in [2.75, 3.05) is 13.7 Å². The van der Waals surface area contributed by atoms with E-state index in [1.807, 2.05) is 0 Å². The van der Waals surface area contributed by atoms with Crippen molar-refractivity contribution >= 4 is 26.0 Å². The molecule has 0 heterocycles. The summed E-state index contributed by atoms with van der Waals surface area (Å²) in [4.78, 5) is 0.201. The fourth-order valence-electron chi connectivity index (χ4n) is 1.92. The van der Waals surface area contributed by atoms with Crippen LogP contribution in [0, 0.1) is 5.92 Å². The molecule has 1 unspecified atom stereocenters. The average molecular weight is 349 g/mol. The summed E-state index contributed by atoms with van der Waals surface area (Å²) in [6.45, 7) is 0.317. The molecule has 19 heavy (non-hydrogen) atoms. The maximum absolute atomic E-state index is 12.3. The SMILES string of the molecule is COc1ccc(S(=O)(=O)NC(CN)C2CC2)c(Br)c1. The third kappa shape index (κ3) is 3.47. The zero-order chi connectivity index (χ0) is 14.0. The third-order valence-electron chi connectivity index (χ3n) is 3.18. The molecule has 106 valence electrons. The van der Waals surface area contributed by atoms with Gasteiger partial charge in [-0.2, -0.15) is 0 Å². The Hall–Kier alpha value is -0.630. The van der Waals surface area contributed by atoms with Crippen LogP contribution in [0.2, 0.25) is 0 Å². The summed E-state index contributed by atoms with van der Waals surface area (Å²) >= 11 is 3.26. The molecule has 7 heteroatoms. The molecule has 1 fully saturated rings. The Kier molecular flexibility index (Phi) is 4.50. The lowest BCUT2D eigenvalue weighted by molar-refractivity contribution is 0.414. The van der Waals surface area contributed by atoms with E-state index in [1.165, 1.54) is 13.2 Å². The number of sulfonamides is 1. The maximum atomic E-state index is 12.3. The fraction of sp³-hybridized carbons (Fsp3) is 0.500. The maximum Gasteiger partial charge on any atom is 0.241 e. The van der Waals surface area contributed by atoms with Gasteiger partial charge in [-0.3, -0.25) is 0 Å². The Morgan fingerprint density at radius 2 is 2.21 bits per heavy atom. The van der Waals surface area contributed by atoms with Gasteiger partial charge in [0.1, 0.15) is 5.75 Å². The van der Waals surface area contributed by atoms with Gasteiger partial charge >= 0.3 is 0 Å². The van der Waals surface area contributed by atoms with E-state index in [2.05, 4.69) is 20.7 Å². The number of nitrogens with one attached hydrogen (secondary N) is 1. The summed E-state index contributed by atoms with van der Waals surface area (Å²) in [7, 11) is -2.03. The molecule has 1 aliphatic carbocycles. The zero-order valence-corrected chi connectivity index (χ0v) is 13.0. The first-order chi connectivity index (χ1) is 8.97. The molecular weight excluding hydrogens is 332 g/mol. The minimum atomic E-state index is -3.56. The van der Waals surface area contributed by atoms with Crippen LogP contribution in [-0.4, -0.2) is 28.1 Å². The van der Waals surface area contributed by atoms with Crippen LogP contribution in [0.3, 0.4) is 0 Å². The van der Waals surface area contributed by atoms with E-state index in [0.29, 0.717) is 22.7 Å². The highest BCUT2D eigenvalue weighted by Crippen LogP contribution is 2.33. The smallest absolute Gasteiger partial charge is 0.241 e. The molecule has 3 N–H and O–H groups in total. The van der Waals surface area contributed by atoms with Gasteiger partial charge < -0.3 is 10.5 Å². The lowest BCUT2D eigenvalue weighted by Crippen LogP contribution is -2.41. The second-order valence-electron chi connectivity index (χ2n) is 4.60. The molecule has 0 amide bonds. The molecule has 1 aliphatic rings. The van der Waals surface area contributed by atoms with E-state index in [4.69, 9.17) is 10.5 Å². The van der Waals surface area contributed by atoms with Crippen molar-refractivity contribution in [1.29, 1.82) is 0 Å². The summed E-state index contributed by atoms with van der Waals surface area (Å²) in [6, 6.07) is 4.59. The summed E-state index contributed by atoms with van der Waals surface area (Å²) in [5.41, 5.74) is 5.62. The van der Waals surface area contributed by atoms with Crippen LogP contribution in [0.4, 0.5) is 0 Å². The van der Waals surface area contributed by atoms with Crippen LogP contribution in [-0.2, 0) is 10.0 Å². The highest BCUT2D eigenvalue weighted by atomic mass is 79.9. The van der Waals surface area contributed by atoms with Crippen LogP contribution in [0.25, 0.3) is 0 Å². The lowest BCUT2D eigenvalue weighted by atomic mass is 10.2. The Bertz CT molecular complexity index is 558. The van der Waals surface area contributed by atoms with Crippen LogP contribution < -0.4 is 15.2 Å². The molecule has 1 atom stereocenters. The first-order valence-corrected chi connectivity index (χ1v) is 8.31. The van der Waals surface area contributed by atoms with E-state index in [1.54, 1.807) is 12.1 Å². The number of hydrogen-bond donors (Lipinski definition) is 2. The highest BCUT2D eigenvalue weighted by molar-refractivity contribution is 9.10. The van der Waals surface area contributed by atoms with Gasteiger partial charge in [-0.05, 0) is 52.9 Å². The van der Waals surface area contributed by atoms with E-state index >= 15 is 0 Å². The zero-order valence-electron chi connectivity index (χ0n) is 10.6. The summed E-state index contributed by atoms with van der Waals surface area (Å²) in [6.07, 6.45) is 2.07. The van der Waals surface area contributed by atoms with Crippen LogP contribution in [0.5, 0.6) is 5.75 Å². The first kappa shape index (κ1) is 14.8. The minimum absolute atomic E-state index is 0.181. The normalized spacial score (nSPS) is 17.2. The first-order valence-electron chi connectivity index (χ1n) is 6.04. The number of nitrogens with two attached hydrogens (primary N) is 1. The molecule has 0 aliphatic heterocycles. The van der Waals surface area contributed by atoms with E-state index in [-0.39, 0.29) is 10.9 Å². The van der Waals surface area contributed by atoms with E-state index < -0.39 is 10.0 Å². The van der Waals surface area contributed by atoms with Crippen molar-refractivity contribution in [2.45, 2.75) is 23.8 Å². The summed E-state index contributed by atoms with van der Waals surface area (Å²) < 4.78 is 32.8. The van der Waals surface area contributed by atoms with Crippen molar-refractivity contribution < 1.29 is 13.2 Å². The quantitative estimate of drug-likeness (QED) is 0.815. The number of rotatable bonds is 6. The number of hydrogen-bond acceptors (Lipinski definition) is 4. The topological polar surface area (TPSA) is 81.4 Å². The summed E-state index contributed by atoms with van der Waals surface area (Å²) in [5, 5.41) is 0. The Labute approximate surface area is 121 Å². The number of benzene rings is 1. The van der Waals surface area contributed by atoms with Gasteiger partial charge in [0.05, 0.1) is 12.0 Å². The highest BCUT2D eigenvalue weighted by Gasteiger charge is 2.33. The summed E-state index contributed by atoms with van der Waals surface area (Å²) in [5.74, 6) is 0.972. The molecule has 0 aromatic heterocycles. The molecule has 5 nitrogen and oxygen atoms in total. The predicted molar refractivity (Wildman–Crippen MR) is 76.6 cm³/mol. The predicted octanol–water partition coefficient (Wildman–Crippen LogP) is 1.47. The Morgan fingerprint density at radius 3 is 2.68 bits per heavy atom. The van der Waals surface area contributed by atoms with Crippen LogP contribution in [0.1, 0.15) is 12.8 Å². The van der Waals surface area contributed by atoms with E-state index in [9.17, 15) is 8.42 Å². The van der Waals surface area contributed by atoms with Gasteiger partial charge in [0.2, 0.25) is 10.0 Å². The number of methoxy groups -OCH3 is 1. The molecular formula is C12H17BrN2O3S. The molecule has 1 saturated carbocycles. The Balaban J connectivity index is 2.23. The van der Waals surface area contributed by atoms with Crippen molar-refractivity contribution in [3.63, 3.8) is 0 Å². The largest absolute Gasteiger partial charge is 0.497 e. The van der Waals surface area contributed by atoms with Gasteiger partial charge in [-0.15, -0.1) is 0 Å². The van der Waals surface area contributed by atoms with Gasteiger partial charge in [-0.1, -0.05) is 0 Å². The molecule has 1 aromatic carbocycles. The molecule has 1 aromatic rings. The second-order valence-corrected chi connectivity index (χ2v) is 7.13. The lowest BCUT2D eigenvalue weighted by Gasteiger charge is -2.17. The van der Waals surface area contributed by atoms with Gasteiger partial charge in [0, 0.05) is 17.1 Å². The molecule has 0 saturated heterocycles. The molecule has 0 radical (unpaired) electrons. The second kappa shape index (κ2) is 5.78. The van der Waals surface area contributed by atoms with Crippen molar-refractivity contribution in [3.05, 3.63) is 22.7 Å². The standard InChI is InChI=1S/C12H17BrN2O3S/c1-18-9-4-5-12(10(13)6-9)19(16,17)15-11(7-14)8-2-3-8/h4-6,8,11,15H,2-3,7,14H2,1H3. The monoisotopic (exact) mass is 348 g/mol. The van der Waals surface area contributed by atoms with Crippen molar-refractivity contribution in [3.8, 4) is 5.75 Å². The fourth-order valence-corrected chi connectivity index (χ4v) is 4.30. The van der Waals surface area contributed by atoms with Crippen LogP contribution in [0.15, 0.2) is 27.6 Å². The molecule has 0 spiro atoms. The number of ether oxygens (including phenoxy) is 1. The minimum Gasteiger partial charge on any atom is -0.497 e. The van der Waals surface area contributed by atoms with Crippen molar-refractivity contribution in [1.82, 2.24) is 4.72 Å². The number of halogens is 1. The van der Waals surface area contributed by atoms with Gasteiger partial charge in [0.15, 0.2) is 0 Å². The molecule has 0 bridgehead atoms. The Morgan fingerprint density at radius 1 is 1.53 bits per heavy atom. The van der Waals surface area contributed by atoms with Crippen molar-refractivity contribution in [2.24, 2.45) is 11.7 Å². The average Bonchev–Trinajstić information content (AvgIpc) is 3.19. The third-order valence-corrected chi connectivity index (χ3v) is 5.65. The van der Waals surface area contributed by atoms with E-state index in [0.717, 1.165) is 12.8 Å². The molecule has 2 rings (SSSR count). The van der Waals surface area contributed by atoms with Gasteiger partial charge in [-0.25, -0.2) is 13.1 Å².